The van der Waals surface area contributed by atoms with Gasteiger partial charge in [0.1, 0.15) is 6.07 Å². The second kappa shape index (κ2) is 5.77. The standard InChI is InChI=1S/C6H4N2.C2H6/c7-4-6-2-1-3-8-5-6;1-2/h1-3,5H;1-2H3. The molecule has 0 unspecified atom stereocenters. The molecule has 1 aromatic heterocycles. The minimum atomic E-state index is 0.604. The Kier molecular flexibility index (Phi) is 4.99. The first kappa shape index (κ1) is 8.64. The van der Waals surface area contributed by atoms with Crippen LogP contribution in [-0.4, -0.2) is 4.98 Å². The zero-order valence-electron chi connectivity index (χ0n) is 6.20. The zero-order valence-corrected chi connectivity index (χ0v) is 6.20. The molecular formula is C8H10N2. The molecule has 0 aliphatic rings. The summed E-state index contributed by atoms with van der Waals surface area (Å²) in [4.78, 5) is 3.73. The van der Waals surface area contributed by atoms with Gasteiger partial charge in [-0.3, -0.25) is 4.98 Å². The lowest BCUT2D eigenvalue weighted by atomic mass is 10.3. The Morgan fingerprint density at radius 3 is 2.50 bits per heavy atom. The van der Waals surface area contributed by atoms with E-state index in [0.717, 1.165) is 0 Å². The summed E-state index contributed by atoms with van der Waals surface area (Å²) in [6.45, 7) is 4.00. The Labute approximate surface area is 61.1 Å². The zero-order chi connectivity index (χ0) is 7.82. The second-order valence-electron chi connectivity index (χ2n) is 1.35. The first-order valence-corrected chi connectivity index (χ1v) is 3.23. The maximum atomic E-state index is 8.25. The molecule has 0 aliphatic heterocycles. The van der Waals surface area contributed by atoms with Gasteiger partial charge in [-0.25, -0.2) is 0 Å². The molecule has 0 aromatic carbocycles. The summed E-state index contributed by atoms with van der Waals surface area (Å²) in [5.41, 5.74) is 0.604. The van der Waals surface area contributed by atoms with E-state index in [2.05, 4.69) is 4.98 Å². The Morgan fingerprint density at radius 1 is 1.50 bits per heavy atom. The van der Waals surface area contributed by atoms with Gasteiger partial charge in [-0.2, -0.15) is 5.26 Å². The van der Waals surface area contributed by atoms with Gasteiger partial charge in [0.2, 0.25) is 0 Å². The summed E-state index contributed by atoms with van der Waals surface area (Å²) in [6, 6.07) is 5.41. The monoisotopic (exact) mass is 134 g/mol. The average molecular weight is 134 g/mol. The van der Waals surface area contributed by atoms with Crippen LogP contribution in [0, 0.1) is 11.3 Å². The number of nitriles is 1. The van der Waals surface area contributed by atoms with Crippen LogP contribution in [0.25, 0.3) is 0 Å². The Hall–Kier alpha value is -1.36. The summed E-state index contributed by atoms with van der Waals surface area (Å²) in [6.07, 6.45) is 3.17. The molecule has 0 saturated heterocycles. The van der Waals surface area contributed by atoms with Crippen molar-refractivity contribution in [2.45, 2.75) is 13.8 Å². The number of rotatable bonds is 0. The van der Waals surface area contributed by atoms with Crippen LogP contribution in [0.3, 0.4) is 0 Å². The molecule has 0 atom stereocenters. The van der Waals surface area contributed by atoms with Crippen molar-refractivity contribution < 1.29 is 0 Å². The highest BCUT2D eigenvalue weighted by atomic mass is 14.6. The Bertz CT molecular complexity index is 198. The van der Waals surface area contributed by atoms with Gasteiger partial charge in [0, 0.05) is 12.4 Å². The van der Waals surface area contributed by atoms with E-state index in [1.165, 1.54) is 6.20 Å². The third-order valence-corrected chi connectivity index (χ3v) is 0.791. The molecule has 0 saturated carbocycles. The molecule has 52 valence electrons. The van der Waals surface area contributed by atoms with Gasteiger partial charge in [-0.15, -0.1) is 0 Å². The van der Waals surface area contributed by atoms with E-state index in [1.54, 1.807) is 18.3 Å². The van der Waals surface area contributed by atoms with Crippen molar-refractivity contribution in [1.82, 2.24) is 4.98 Å². The Morgan fingerprint density at radius 2 is 2.20 bits per heavy atom. The molecule has 0 radical (unpaired) electrons. The first-order valence-electron chi connectivity index (χ1n) is 3.23. The highest BCUT2D eigenvalue weighted by Crippen LogP contribution is 1.89. The van der Waals surface area contributed by atoms with Crippen molar-refractivity contribution in [2.75, 3.05) is 0 Å². The number of hydrogen-bond donors (Lipinski definition) is 0. The molecule has 0 fully saturated rings. The fourth-order valence-corrected chi connectivity index (χ4v) is 0.429. The molecule has 0 bridgehead atoms. The van der Waals surface area contributed by atoms with E-state index in [-0.39, 0.29) is 0 Å². The predicted molar refractivity (Wildman–Crippen MR) is 40.3 cm³/mol. The van der Waals surface area contributed by atoms with Crippen LogP contribution in [0.15, 0.2) is 24.5 Å². The van der Waals surface area contributed by atoms with Crippen LogP contribution >= 0.6 is 0 Å². The molecule has 1 aromatic rings. The molecule has 0 N–H and O–H groups in total. The predicted octanol–water partition coefficient (Wildman–Crippen LogP) is 1.98. The summed E-state index contributed by atoms with van der Waals surface area (Å²) < 4.78 is 0. The lowest BCUT2D eigenvalue weighted by Crippen LogP contribution is -1.72. The SMILES string of the molecule is CC.N#Cc1cccnc1. The van der Waals surface area contributed by atoms with E-state index in [1.807, 2.05) is 19.9 Å². The van der Waals surface area contributed by atoms with Crippen LogP contribution < -0.4 is 0 Å². The van der Waals surface area contributed by atoms with Gasteiger partial charge in [0.15, 0.2) is 0 Å². The molecule has 1 heterocycles. The van der Waals surface area contributed by atoms with Gasteiger partial charge in [-0.05, 0) is 12.1 Å². The van der Waals surface area contributed by atoms with Gasteiger partial charge in [0.25, 0.3) is 0 Å². The molecule has 0 amide bonds. The van der Waals surface area contributed by atoms with Crippen molar-refractivity contribution >= 4 is 0 Å². The van der Waals surface area contributed by atoms with E-state index >= 15 is 0 Å². The van der Waals surface area contributed by atoms with Gasteiger partial charge in [-0.1, -0.05) is 13.8 Å². The largest absolute Gasteiger partial charge is 0.263 e. The average Bonchev–Trinajstić information content (AvgIpc) is 2.10. The lowest BCUT2D eigenvalue weighted by molar-refractivity contribution is 1.30. The third kappa shape index (κ3) is 2.83. The summed E-state index contributed by atoms with van der Waals surface area (Å²) >= 11 is 0. The minimum absolute atomic E-state index is 0.604. The molecule has 1 rings (SSSR count). The third-order valence-electron chi connectivity index (χ3n) is 0.791. The molecular weight excluding hydrogens is 124 g/mol. The maximum Gasteiger partial charge on any atom is 0.101 e. The highest BCUT2D eigenvalue weighted by Gasteiger charge is 1.80. The fraction of sp³-hybridized carbons (Fsp3) is 0.250. The highest BCUT2D eigenvalue weighted by molar-refractivity contribution is 5.23. The van der Waals surface area contributed by atoms with Crippen molar-refractivity contribution in [3.8, 4) is 6.07 Å². The minimum Gasteiger partial charge on any atom is -0.263 e. The van der Waals surface area contributed by atoms with E-state index in [9.17, 15) is 0 Å². The van der Waals surface area contributed by atoms with Crippen LogP contribution in [-0.2, 0) is 0 Å². The normalized spacial score (nSPS) is 6.90. The smallest absolute Gasteiger partial charge is 0.101 e. The topological polar surface area (TPSA) is 36.7 Å². The van der Waals surface area contributed by atoms with Crippen LogP contribution in [0.1, 0.15) is 19.4 Å². The fourth-order valence-electron chi connectivity index (χ4n) is 0.429. The van der Waals surface area contributed by atoms with Crippen molar-refractivity contribution in [3.05, 3.63) is 30.1 Å². The van der Waals surface area contributed by atoms with Gasteiger partial charge >= 0.3 is 0 Å². The lowest BCUT2D eigenvalue weighted by Gasteiger charge is -1.79. The van der Waals surface area contributed by atoms with Crippen molar-refractivity contribution in [3.63, 3.8) is 0 Å². The van der Waals surface area contributed by atoms with Gasteiger partial charge < -0.3 is 0 Å². The van der Waals surface area contributed by atoms with Crippen molar-refractivity contribution in [1.29, 1.82) is 5.26 Å². The second-order valence-corrected chi connectivity index (χ2v) is 1.35. The van der Waals surface area contributed by atoms with E-state index in [4.69, 9.17) is 5.26 Å². The summed E-state index contributed by atoms with van der Waals surface area (Å²) in [5.74, 6) is 0. The molecule has 2 nitrogen and oxygen atoms in total. The van der Waals surface area contributed by atoms with Crippen LogP contribution in [0.5, 0.6) is 0 Å². The van der Waals surface area contributed by atoms with Crippen molar-refractivity contribution in [2.24, 2.45) is 0 Å². The summed E-state index contributed by atoms with van der Waals surface area (Å²) in [7, 11) is 0. The number of hydrogen-bond acceptors (Lipinski definition) is 2. The quantitative estimate of drug-likeness (QED) is 0.544. The first-order chi connectivity index (χ1) is 4.93. The van der Waals surface area contributed by atoms with Crippen LogP contribution in [0.4, 0.5) is 0 Å². The molecule has 0 aliphatic carbocycles. The molecule has 2 heteroatoms. The molecule has 10 heavy (non-hydrogen) atoms. The number of nitrogens with zero attached hydrogens (tertiary/aromatic N) is 2. The van der Waals surface area contributed by atoms with Gasteiger partial charge in [0.05, 0.1) is 5.56 Å². The molecule has 0 spiro atoms. The van der Waals surface area contributed by atoms with Crippen LogP contribution in [0.2, 0.25) is 0 Å². The van der Waals surface area contributed by atoms with E-state index < -0.39 is 0 Å². The van der Waals surface area contributed by atoms with E-state index in [0.29, 0.717) is 5.56 Å². The number of pyridine rings is 1. The maximum absolute atomic E-state index is 8.25. The number of aromatic nitrogens is 1. The summed E-state index contributed by atoms with van der Waals surface area (Å²) in [5, 5.41) is 8.25. The Balaban J connectivity index is 0.000000371.